The van der Waals surface area contributed by atoms with E-state index in [0.717, 1.165) is 5.56 Å². The van der Waals surface area contributed by atoms with E-state index in [1.807, 2.05) is 30.3 Å². The summed E-state index contributed by atoms with van der Waals surface area (Å²) >= 11 is 0. The predicted octanol–water partition coefficient (Wildman–Crippen LogP) is 0.703. The highest BCUT2D eigenvalue weighted by atomic mass is 16.4. The summed E-state index contributed by atoms with van der Waals surface area (Å²) in [6.45, 7) is -0.0154. The predicted molar refractivity (Wildman–Crippen MR) is 253 cm³/mol. The monoisotopic (exact) mass is 940 g/mol. The fourth-order valence-corrected chi connectivity index (χ4v) is 7.76. The molecule has 0 radical (unpaired) electrons. The van der Waals surface area contributed by atoms with Crippen LogP contribution < -0.4 is 48.4 Å². The molecular formula is C47H60N10O11. The van der Waals surface area contributed by atoms with Crippen LogP contribution in [0.1, 0.15) is 41.0 Å². The quantitative estimate of drug-likeness (QED) is 0.0202. The van der Waals surface area contributed by atoms with Crippen LogP contribution in [-0.2, 0) is 12.8 Å². The number of aliphatic hydroxyl groups excluding tert-OH is 5. The normalized spacial score (nSPS) is 15.3. The fraction of sp³-hybridized carbons (Fsp3) is 0.362. The number of nitrogens with two attached hydrogens (primary N) is 1. The number of unbranched alkanes of at least 4 members (excludes halogenated alkanes) is 1. The molecule has 2 aliphatic rings. The van der Waals surface area contributed by atoms with Crippen LogP contribution in [0.25, 0.3) is 33.4 Å². The zero-order valence-electron chi connectivity index (χ0n) is 37.3. The van der Waals surface area contributed by atoms with Gasteiger partial charge in [0, 0.05) is 78.8 Å². The molecule has 3 aromatic carbocycles. The Hall–Kier alpha value is -6.34. The van der Waals surface area contributed by atoms with Gasteiger partial charge in [-0.15, -0.1) is 0 Å². The number of nitrogens with zero attached hydrogens (tertiary/aromatic N) is 1. The van der Waals surface area contributed by atoms with Gasteiger partial charge in [0.15, 0.2) is 5.43 Å². The number of aromatic amines is 1. The van der Waals surface area contributed by atoms with Crippen LogP contribution in [0, 0.1) is 0 Å². The number of urea groups is 1. The first-order valence-electron chi connectivity index (χ1n) is 22.2. The number of anilines is 1. The number of rotatable bonds is 26. The van der Waals surface area contributed by atoms with Gasteiger partial charge >= 0.3 is 12.0 Å². The van der Waals surface area contributed by atoms with Crippen molar-refractivity contribution in [3.8, 4) is 28.2 Å². The molecule has 17 N–H and O–H groups in total. The van der Waals surface area contributed by atoms with Crippen LogP contribution in [0.5, 0.6) is 5.75 Å². The molecule has 0 unspecified atom stereocenters. The number of aromatic nitrogens is 2. The number of amides is 2. The zero-order valence-corrected chi connectivity index (χ0v) is 37.3. The molecular weight excluding hydrogens is 881 g/mol. The Labute approximate surface area is 391 Å². The molecule has 1 aromatic heterocycles. The topological polar surface area (TPSA) is 345 Å². The van der Waals surface area contributed by atoms with Crippen molar-refractivity contribution in [2.45, 2.75) is 81.4 Å². The lowest BCUT2D eigenvalue weighted by atomic mass is 9.90. The second-order valence-corrected chi connectivity index (χ2v) is 16.4. The highest BCUT2D eigenvalue weighted by Gasteiger charge is 2.29. The fourth-order valence-electron chi connectivity index (χ4n) is 7.76. The second-order valence-electron chi connectivity index (χ2n) is 16.4. The molecule has 1 aliphatic carbocycles. The van der Waals surface area contributed by atoms with E-state index in [9.17, 15) is 50.1 Å². The number of hydrogen-bond acceptors (Lipinski definition) is 17. The summed E-state index contributed by atoms with van der Waals surface area (Å²) < 4.78 is 5.88. The van der Waals surface area contributed by atoms with Gasteiger partial charge in [-0.25, -0.2) is 14.6 Å². The number of aromatic carboxylic acids is 1. The van der Waals surface area contributed by atoms with Gasteiger partial charge in [0.05, 0.1) is 17.6 Å². The molecule has 0 spiro atoms. The maximum absolute atomic E-state index is 12.8. The van der Waals surface area contributed by atoms with Crippen molar-refractivity contribution in [3.63, 3.8) is 0 Å². The number of aromatic hydroxyl groups is 1. The van der Waals surface area contributed by atoms with Gasteiger partial charge in [-0.1, -0.05) is 42.8 Å². The number of phenols is 1. The first-order chi connectivity index (χ1) is 32.7. The van der Waals surface area contributed by atoms with E-state index in [4.69, 9.17) is 10.2 Å². The van der Waals surface area contributed by atoms with Crippen LogP contribution in [-0.4, -0.2) is 134 Å². The number of H-pyrrole nitrogens is 1. The molecule has 21 nitrogen and oxygen atoms in total. The van der Waals surface area contributed by atoms with Crippen molar-refractivity contribution in [2.75, 3.05) is 32.0 Å². The average molecular weight is 941 g/mol. The van der Waals surface area contributed by atoms with Gasteiger partial charge in [0.1, 0.15) is 54.1 Å². The highest BCUT2D eigenvalue weighted by molar-refractivity contribution is 6.08. The first-order valence-corrected chi connectivity index (χ1v) is 22.2. The molecule has 2 heterocycles. The lowest BCUT2D eigenvalue weighted by molar-refractivity contribution is 0.0102. The summed E-state index contributed by atoms with van der Waals surface area (Å²) in [6, 6.07) is 19.7. The molecule has 4 aromatic rings. The summed E-state index contributed by atoms with van der Waals surface area (Å²) in [7, 11) is 1.59. The van der Waals surface area contributed by atoms with Crippen molar-refractivity contribution in [3.05, 3.63) is 124 Å². The van der Waals surface area contributed by atoms with Crippen LogP contribution in [0.3, 0.4) is 0 Å². The Morgan fingerprint density at radius 1 is 0.809 bits per heavy atom. The van der Waals surface area contributed by atoms with Gasteiger partial charge in [-0.05, 0) is 73.8 Å². The summed E-state index contributed by atoms with van der Waals surface area (Å²) in [5.41, 5.74) is 8.35. The third-order valence-corrected chi connectivity index (χ3v) is 11.3. The standard InChI is InChI=1S/C47H60N10O11/c1-49-44(63)36(23-39-50-17-18-51-39)57-45(64)35(19-26-7-3-2-4-8-26)56-41(61)25-53-40(60)24-54-43(62)34(48)9-5-6-16-52-47(67)55-27-10-13-30(33(20-27)46(65)66)42-31-14-11-28(58)21-37(31)68-38-22-29(59)12-15-32(38)42/h2-4,7-8,10-15,17-18,20-22,34-36,40-41,43-45,49,53-54,56-58,60-64H,5-6,9,16,19,23-25,48H2,1H3,(H,50,51)(H,65,66)(H2,52,55,67)/t34-,35+,36+,40-,41+,43+,44+,45-/m1/s1. The van der Waals surface area contributed by atoms with E-state index in [2.05, 4.69) is 47.2 Å². The van der Waals surface area contributed by atoms with Crippen molar-refractivity contribution in [1.82, 2.24) is 41.9 Å². The van der Waals surface area contributed by atoms with Crippen LogP contribution in [0.2, 0.25) is 0 Å². The van der Waals surface area contributed by atoms with E-state index in [1.54, 1.807) is 43.7 Å². The maximum Gasteiger partial charge on any atom is 0.336 e. The smallest absolute Gasteiger partial charge is 0.336 e. The molecule has 6 rings (SSSR count). The third kappa shape index (κ3) is 14.3. The van der Waals surface area contributed by atoms with E-state index >= 15 is 0 Å². The number of aliphatic hydroxyl groups is 5. The van der Waals surface area contributed by atoms with Gasteiger partial charge in [-0.3, -0.25) is 31.4 Å². The average Bonchev–Trinajstić information content (AvgIpc) is 3.84. The number of hydrogen-bond donors (Lipinski definition) is 16. The molecule has 364 valence electrons. The molecule has 2 amide bonds. The summed E-state index contributed by atoms with van der Waals surface area (Å²) in [5.74, 6) is -0.524. The molecule has 68 heavy (non-hydrogen) atoms. The van der Waals surface area contributed by atoms with Crippen molar-refractivity contribution in [1.29, 1.82) is 0 Å². The maximum atomic E-state index is 12.8. The Bertz CT molecular complexity index is 2570. The third-order valence-electron chi connectivity index (χ3n) is 11.3. The van der Waals surface area contributed by atoms with Crippen LogP contribution in [0.15, 0.2) is 107 Å². The van der Waals surface area contributed by atoms with Crippen molar-refractivity contribution < 1.29 is 49.8 Å². The van der Waals surface area contributed by atoms with Crippen molar-refractivity contribution in [2.24, 2.45) is 5.73 Å². The number of carboxylic acids is 1. The number of likely N-dealkylation sites (N-methyl/N-ethyl adjacent to an activating group) is 1. The molecule has 8 atom stereocenters. The Morgan fingerprint density at radius 3 is 2.29 bits per heavy atom. The summed E-state index contributed by atoms with van der Waals surface area (Å²) in [5, 5.41) is 94.5. The number of phenolic OH excluding ortho intramolecular Hbond substituents is 1. The van der Waals surface area contributed by atoms with Gasteiger partial charge in [0.2, 0.25) is 0 Å². The second kappa shape index (κ2) is 24.6. The van der Waals surface area contributed by atoms with Gasteiger partial charge in [-0.2, -0.15) is 0 Å². The summed E-state index contributed by atoms with van der Waals surface area (Å²) in [6.07, 6.45) is -0.671. The van der Waals surface area contributed by atoms with Crippen LogP contribution in [0.4, 0.5) is 10.5 Å². The van der Waals surface area contributed by atoms with Gasteiger partial charge < -0.3 is 61.5 Å². The largest absolute Gasteiger partial charge is 0.508 e. The van der Waals surface area contributed by atoms with E-state index in [0.29, 0.717) is 53.6 Å². The molecule has 21 heteroatoms. The molecule has 0 saturated carbocycles. The molecule has 0 saturated heterocycles. The lowest BCUT2D eigenvalue weighted by Crippen LogP contribution is -2.60. The molecule has 0 bridgehead atoms. The van der Waals surface area contributed by atoms with E-state index in [-0.39, 0.29) is 59.8 Å². The number of nitrogens with one attached hydrogen (secondary N) is 8. The highest BCUT2D eigenvalue weighted by Crippen LogP contribution is 2.42. The zero-order chi connectivity index (χ0) is 48.7. The SMILES string of the molecule is CN[C@@H](O)[C@H](Cc1ncc[nH]1)N[C@H](O)[C@H](Cc1ccccc1)N[C@@H](O)CN[C@H](O)CN[C@@H](O)[C@H](N)CCCCNC(=O)Nc1ccc(-c2c3ccc(=O)cc-3oc3cc(O)ccc23)c(C(=O)O)c1. The van der Waals surface area contributed by atoms with Crippen molar-refractivity contribution >= 4 is 28.7 Å². The molecule has 0 fully saturated rings. The Morgan fingerprint density at radius 2 is 1.56 bits per heavy atom. The number of fused-ring (bicyclic) bond motifs is 2. The Kier molecular flexibility index (Phi) is 18.5. The van der Waals surface area contributed by atoms with Gasteiger partial charge in [0.25, 0.3) is 0 Å². The minimum Gasteiger partial charge on any atom is -0.508 e. The Balaban J connectivity index is 0.922. The number of carboxylic acid groups (broad SMARTS) is 1. The minimum atomic E-state index is -1.26. The number of carbonyl (C=O) groups is 2. The van der Waals surface area contributed by atoms with E-state index in [1.165, 1.54) is 30.3 Å². The number of imidazole rings is 1. The van der Waals surface area contributed by atoms with Crippen LogP contribution >= 0.6 is 0 Å². The number of carbonyl (C=O) groups excluding carboxylic acids is 1. The van der Waals surface area contributed by atoms with E-state index < -0.39 is 61.3 Å². The minimum absolute atomic E-state index is 0.0750. The molecule has 1 aliphatic heterocycles. The summed E-state index contributed by atoms with van der Waals surface area (Å²) in [4.78, 5) is 44.7. The first kappa shape index (κ1) is 51.1. The lowest BCUT2D eigenvalue weighted by Gasteiger charge is -2.32. The number of benzene rings is 4.